The number of ether oxygens (including phenoxy) is 1. The Bertz CT molecular complexity index is 937. The molecule has 9 heteroatoms. The first-order valence-corrected chi connectivity index (χ1v) is 11.5. The smallest absolute Gasteiger partial charge is 0.262 e. The number of rotatable bonds is 6. The van der Waals surface area contributed by atoms with Gasteiger partial charge in [0.15, 0.2) is 6.61 Å². The zero-order valence-electron chi connectivity index (χ0n) is 15.7. The van der Waals surface area contributed by atoms with Gasteiger partial charge in [0.2, 0.25) is 10.0 Å². The average Bonchev–Trinajstić information content (AvgIpc) is 3.00. The van der Waals surface area contributed by atoms with Crippen LogP contribution in [0.1, 0.15) is 25.7 Å². The van der Waals surface area contributed by atoms with E-state index in [-0.39, 0.29) is 11.5 Å². The van der Waals surface area contributed by atoms with E-state index in [1.54, 1.807) is 30.3 Å². The van der Waals surface area contributed by atoms with Gasteiger partial charge < -0.3 is 10.1 Å². The van der Waals surface area contributed by atoms with E-state index in [0.29, 0.717) is 34.6 Å². The number of halogens is 2. The monoisotopic (exact) mass is 456 g/mol. The van der Waals surface area contributed by atoms with Gasteiger partial charge >= 0.3 is 0 Å². The van der Waals surface area contributed by atoms with Crippen molar-refractivity contribution in [3.63, 3.8) is 0 Å². The maximum absolute atomic E-state index is 12.8. The molecule has 156 valence electrons. The molecular formula is C20H22Cl2N2O4S. The molecule has 1 aliphatic rings. The van der Waals surface area contributed by atoms with Crippen LogP contribution in [0, 0.1) is 0 Å². The van der Waals surface area contributed by atoms with Crippen LogP contribution >= 0.6 is 23.2 Å². The fourth-order valence-electron chi connectivity index (χ4n) is 3.08. The highest BCUT2D eigenvalue weighted by atomic mass is 35.5. The lowest BCUT2D eigenvalue weighted by atomic mass is 10.2. The second-order valence-electron chi connectivity index (χ2n) is 6.72. The third kappa shape index (κ3) is 5.63. The third-order valence-electron chi connectivity index (χ3n) is 4.62. The van der Waals surface area contributed by atoms with Gasteiger partial charge in [-0.05, 0) is 49.2 Å². The Morgan fingerprint density at radius 3 is 2.14 bits per heavy atom. The standard InChI is InChI=1S/C20H22Cl2N2O4S/c21-17-6-5-7-18(22)20(17)23-19(25)14-28-15-8-10-16(11-9-15)29(26,27)24-12-3-1-2-4-13-24/h5-11H,1-4,12-14H2,(H,23,25). The minimum Gasteiger partial charge on any atom is -0.484 e. The fraction of sp³-hybridized carbons (Fsp3) is 0.350. The molecule has 1 fully saturated rings. The SMILES string of the molecule is O=C(COc1ccc(S(=O)(=O)N2CCCCCC2)cc1)Nc1c(Cl)cccc1Cl. The summed E-state index contributed by atoms with van der Waals surface area (Å²) in [6, 6.07) is 11.0. The molecule has 0 bridgehead atoms. The molecule has 1 heterocycles. The summed E-state index contributed by atoms with van der Waals surface area (Å²) in [7, 11) is -3.51. The summed E-state index contributed by atoms with van der Waals surface area (Å²) in [5.74, 6) is -0.0403. The van der Waals surface area contributed by atoms with E-state index in [9.17, 15) is 13.2 Å². The van der Waals surface area contributed by atoms with Crippen molar-refractivity contribution in [3.8, 4) is 5.75 Å². The van der Waals surface area contributed by atoms with Gasteiger partial charge in [-0.2, -0.15) is 4.31 Å². The topological polar surface area (TPSA) is 75.7 Å². The summed E-state index contributed by atoms with van der Waals surface area (Å²) in [6.07, 6.45) is 3.87. The van der Waals surface area contributed by atoms with Gasteiger partial charge in [-0.3, -0.25) is 4.79 Å². The highest BCUT2D eigenvalue weighted by Crippen LogP contribution is 2.29. The predicted octanol–water partition coefficient (Wildman–Crippen LogP) is 4.58. The first kappa shape index (κ1) is 21.9. The summed E-state index contributed by atoms with van der Waals surface area (Å²) in [5.41, 5.74) is 0.323. The highest BCUT2D eigenvalue weighted by molar-refractivity contribution is 7.89. The van der Waals surface area contributed by atoms with E-state index in [4.69, 9.17) is 27.9 Å². The number of carbonyl (C=O) groups is 1. The maximum atomic E-state index is 12.8. The molecule has 2 aromatic carbocycles. The number of carbonyl (C=O) groups excluding carboxylic acids is 1. The van der Waals surface area contributed by atoms with Gasteiger partial charge in [-0.25, -0.2) is 8.42 Å². The third-order valence-corrected chi connectivity index (χ3v) is 7.17. The predicted molar refractivity (Wildman–Crippen MR) is 114 cm³/mol. The van der Waals surface area contributed by atoms with E-state index >= 15 is 0 Å². The number of amides is 1. The van der Waals surface area contributed by atoms with Crippen molar-refractivity contribution in [1.82, 2.24) is 4.31 Å². The van der Waals surface area contributed by atoms with Crippen molar-refractivity contribution < 1.29 is 17.9 Å². The second-order valence-corrected chi connectivity index (χ2v) is 9.48. The Hall–Kier alpha value is -1.80. The molecule has 1 N–H and O–H groups in total. The van der Waals surface area contributed by atoms with Gasteiger partial charge in [0.05, 0.1) is 20.6 Å². The first-order chi connectivity index (χ1) is 13.9. The van der Waals surface area contributed by atoms with Gasteiger partial charge in [-0.1, -0.05) is 42.1 Å². The summed E-state index contributed by atoms with van der Waals surface area (Å²) < 4.78 is 32.5. The van der Waals surface area contributed by atoms with Gasteiger partial charge in [0, 0.05) is 13.1 Å². The van der Waals surface area contributed by atoms with Crippen LogP contribution in [-0.4, -0.2) is 38.3 Å². The van der Waals surface area contributed by atoms with Crippen LogP contribution in [0.5, 0.6) is 5.75 Å². The van der Waals surface area contributed by atoms with Crippen LogP contribution < -0.4 is 10.1 Å². The molecule has 0 aromatic heterocycles. The van der Waals surface area contributed by atoms with Crippen molar-refractivity contribution in [3.05, 3.63) is 52.5 Å². The van der Waals surface area contributed by atoms with Crippen molar-refractivity contribution >= 4 is 44.8 Å². The van der Waals surface area contributed by atoms with Crippen molar-refractivity contribution in [2.75, 3.05) is 25.0 Å². The van der Waals surface area contributed by atoms with E-state index in [0.717, 1.165) is 25.7 Å². The molecule has 1 saturated heterocycles. The summed E-state index contributed by atoms with van der Waals surface area (Å²) in [5, 5.41) is 3.26. The molecule has 6 nitrogen and oxygen atoms in total. The molecule has 0 unspecified atom stereocenters. The van der Waals surface area contributed by atoms with Crippen LogP contribution in [0.2, 0.25) is 10.0 Å². The van der Waals surface area contributed by atoms with Crippen LogP contribution in [0.4, 0.5) is 5.69 Å². The molecule has 0 saturated carbocycles. The lowest BCUT2D eigenvalue weighted by molar-refractivity contribution is -0.118. The molecule has 0 atom stereocenters. The minimum atomic E-state index is -3.51. The molecule has 3 rings (SSSR count). The number of nitrogens with one attached hydrogen (secondary N) is 1. The summed E-state index contributed by atoms with van der Waals surface area (Å²) in [6.45, 7) is 0.830. The normalized spacial score (nSPS) is 15.5. The van der Waals surface area contributed by atoms with Gasteiger partial charge in [-0.15, -0.1) is 0 Å². The van der Waals surface area contributed by atoms with Gasteiger partial charge in [0.1, 0.15) is 5.75 Å². The molecule has 2 aromatic rings. The number of anilines is 1. The molecular weight excluding hydrogens is 435 g/mol. The summed E-state index contributed by atoms with van der Waals surface area (Å²) in [4.78, 5) is 12.3. The van der Waals surface area contributed by atoms with Crippen LogP contribution in [0.3, 0.4) is 0 Å². The maximum Gasteiger partial charge on any atom is 0.262 e. The molecule has 29 heavy (non-hydrogen) atoms. The van der Waals surface area contributed by atoms with E-state index in [1.165, 1.54) is 16.4 Å². The number of hydrogen-bond acceptors (Lipinski definition) is 4. The Kier molecular flexibility index (Phi) is 7.40. The number of hydrogen-bond donors (Lipinski definition) is 1. The minimum absolute atomic E-state index is 0.221. The van der Waals surface area contributed by atoms with E-state index in [1.807, 2.05) is 0 Å². The molecule has 1 aliphatic heterocycles. The largest absolute Gasteiger partial charge is 0.484 e. The molecule has 0 aliphatic carbocycles. The number of benzene rings is 2. The van der Waals surface area contributed by atoms with Crippen LogP contribution in [0.25, 0.3) is 0 Å². The van der Waals surface area contributed by atoms with Gasteiger partial charge in [0.25, 0.3) is 5.91 Å². The first-order valence-electron chi connectivity index (χ1n) is 9.35. The zero-order chi connectivity index (χ0) is 20.9. The number of sulfonamides is 1. The van der Waals surface area contributed by atoms with Crippen molar-refractivity contribution in [2.24, 2.45) is 0 Å². The van der Waals surface area contributed by atoms with Crippen molar-refractivity contribution in [2.45, 2.75) is 30.6 Å². The second kappa shape index (κ2) is 9.80. The molecule has 0 spiro atoms. The Labute approximate surface area is 180 Å². The van der Waals surface area contributed by atoms with Crippen molar-refractivity contribution in [1.29, 1.82) is 0 Å². The summed E-state index contributed by atoms with van der Waals surface area (Å²) >= 11 is 12.0. The molecule has 1 amide bonds. The number of para-hydroxylation sites is 1. The van der Waals surface area contributed by atoms with E-state index in [2.05, 4.69) is 5.32 Å². The number of nitrogens with zero attached hydrogens (tertiary/aromatic N) is 1. The fourth-order valence-corrected chi connectivity index (χ4v) is 5.09. The Morgan fingerprint density at radius 1 is 0.966 bits per heavy atom. The lowest BCUT2D eigenvalue weighted by Crippen LogP contribution is -2.31. The zero-order valence-corrected chi connectivity index (χ0v) is 18.1. The van der Waals surface area contributed by atoms with Crippen LogP contribution in [0.15, 0.2) is 47.4 Å². The Balaban J connectivity index is 1.59. The van der Waals surface area contributed by atoms with Crippen LogP contribution in [-0.2, 0) is 14.8 Å². The Morgan fingerprint density at radius 2 is 1.55 bits per heavy atom. The highest BCUT2D eigenvalue weighted by Gasteiger charge is 2.25. The lowest BCUT2D eigenvalue weighted by Gasteiger charge is -2.20. The average molecular weight is 457 g/mol. The molecule has 0 radical (unpaired) electrons. The van der Waals surface area contributed by atoms with E-state index < -0.39 is 15.9 Å². The quantitative estimate of drug-likeness (QED) is 0.689.